The van der Waals surface area contributed by atoms with Gasteiger partial charge >= 0.3 is 5.97 Å². The van der Waals surface area contributed by atoms with E-state index in [-0.39, 0.29) is 6.54 Å². The number of carbonyl (C=O) groups excluding carboxylic acids is 2. The molecule has 2 amide bonds. The van der Waals surface area contributed by atoms with Crippen LogP contribution in [0.3, 0.4) is 0 Å². The van der Waals surface area contributed by atoms with Crippen molar-refractivity contribution < 1.29 is 19.5 Å². The number of rotatable bonds is 7. The first kappa shape index (κ1) is 15.4. The van der Waals surface area contributed by atoms with E-state index in [1.807, 2.05) is 6.92 Å². The second kappa shape index (κ2) is 6.85. The molecule has 5 N–H and O–H groups in total. The molecule has 1 atom stereocenters. The Kier molecular flexibility index (Phi) is 6.19. The standard InChI is InChI=1S/C10H19N3O4/c1-3-4-10(2,11)9(17)13-5-7(14)12-6-8(15)16/h3-6,11H2,1-2H3,(H,12,14)(H,13,17)(H,15,16). The third-order valence-corrected chi connectivity index (χ3v) is 2.13. The summed E-state index contributed by atoms with van der Waals surface area (Å²) in [6, 6.07) is 0. The second-order valence-corrected chi connectivity index (χ2v) is 4.02. The quantitative estimate of drug-likeness (QED) is 0.450. The minimum absolute atomic E-state index is 0.275. The third-order valence-electron chi connectivity index (χ3n) is 2.13. The van der Waals surface area contributed by atoms with Gasteiger partial charge in [-0.15, -0.1) is 0 Å². The highest BCUT2D eigenvalue weighted by atomic mass is 16.4. The van der Waals surface area contributed by atoms with E-state index in [0.717, 1.165) is 6.42 Å². The van der Waals surface area contributed by atoms with Crippen LogP contribution in [0, 0.1) is 0 Å². The summed E-state index contributed by atoms with van der Waals surface area (Å²) in [5, 5.41) is 12.8. The van der Waals surface area contributed by atoms with Gasteiger partial charge in [-0.3, -0.25) is 14.4 Å². The molecule has 0 aromatic heterocycles. The van der Waals surface area contributed by atoms with Gasteiger partial charge in [-0.25, -0.2) is 0 Å². The molecule has 0 saturated heterocycles. The van der Waals surface area contributed by atoms with Gasteiger partial charge in [0.15, 0.2) is 0 Å². The van der Waals surface area contributed by atoms with Crippen LogP contribution >= 0.6 is 0 Å². The number of hydrogen-bond acceptors (Lipinski definition) is 4. The molecular formula is C10H19N3O4. The smallest absolute Gasteiger partial charge is 0.322 e. The normalized spacial score (nSPS) is 13.6. The zero-order valence-electron chi connectivity index (χ0n) is 10.1. The summed E-state index contributed by atoms with van der Waals surface area (Å²) in [4.78, 5) is 32.8. The summed E-state index contributed by atoms with van der Waals surface area (Å²) in [7, 11) is 0. The maximum atomic E-state index is 11.6. The molecule has 0 aromatic rings. The molecule has 0 fully saturated rings. The summed E-state index contributed by atoms with van der Waals surface area (Å²) in [6.45, 7) is 2.74. The van der Waals surface area contributed by atoms with E-state index in [2.05, 4.69) is 10.6 Å². The zero-order valence-corrected chi connectivity index (χ0v) is 10.1. The van der Waals surface area contributed by atoms with E-state index in [1.54, 1.807) is 6.92 Å². The first-order valence-corrected chi connectivity index (χ1v) is 5.35. The lowest BCUT2D eigenvalue weighted by Crippen LogP contribution is -2.53. The van der Waals surface area contributed by atoms with Gasteiger partial charge in [0.2, 0.25) is 11.8 Å². The highest BCUT2D eigenvalue weighted by Crippen LogP contribution is 2.07. The lowest BCUT2D eigenvalue weighted by molar-refractivity contribution is -0.137. The van der Waals surface area contributed by atoms with Crippen LogP contribution in [-0.2, 0) is 14.4 Å². The fourth-order valence-electron chi connectivity index (χ4n) is 1.23. The Morgan fingerprint density at radius 1 is 1.24 bits per heavy atom. The highest BCUT2D eigenvalue weighted by Gasteiger charge is 2.27. The van der Waals surface area contributed by atoms with Crippen LogP contribution in [0.25, 0.3) is 0 Å². The summed E-state index contributed by atoms with van der Waals surface area (Å²) in [6.07, 6.45) is 1.27. The Bertz CT molecular complexity index is 302. The Morgan fingerprint density at radius 2 is 1.82 bits per heavy atom. The summed E-state index contributed by atoms with van der Waals surface area (Å²) in [5.41, 5.74) is 4.73. The number of nitrogens with one attached hydrogen (secondary N) is 2. The van der Waals surface area contributed by atoms with Crippen molar-refractivity contribution in [1.82, 2.24) is 10.6 Å². The number of carboxylic acids is 1. The topological polar surface area (TPSA) is 122 Å². The number of nitrogens with two attached hydrogens (primary N) is 1. The van der Waals surface area contributed by atoms with E-state index < -0.39 is 29.9 Å². The van der Waals surface area contributed by atoms with Crippen molar-refractivity contribution >= 4 is 17.8 Å². The van der Waals surface area contributed by atoms with E-state index in [1.165, 1.54) is 0 Å². The molecule has 0 aromatic carbocycles. The van der Waals surface area contributed by atoms with Gasteiger partial charge in [-0.2, -0.15) is 0 Å². The Hall–Kier alpha value is -1.63. The predicted molar refractivity (Wildman–Crippen MR) is 61.2 cm³/mol. The van der Waals surface area contributed by atoms with Gasteiger partial charge < -0.3 is 21.5 Å². The van der Waals surface area contributed by atoms with E-state index in [9.17, 15) is 14.4 Å². The first-order chi connectivity index (χ1) is 7.79. The van der Waals surface area contributed by atoms with Crippen LogP contribution < -0.4 is 16.4 Å². The van der Waals surface area contributed by atoms with Crippen LogP contribution in [0.1, 0.15) is 26.7 Å². The molecule has 0 bridgehead atoms. The van der Waals surface area contributed by atoms with E-state index in [0.29, 0.717) is 6.42 Å². The lowest BCUT2D eigenvalue weighted by atomic mass is 9.97. The van der Waals surface area contributed by atoms with E-state index >= 15 is 0 Å². The minimum Gasteiger partial charge on any atom is -0.480 e. The van der Waals surface area contributed by atoms with Crippen LogP contribution in [0.2, 0.25) is 0 Å². The average molecular weight is 245 g/mol. The second-order valence-electron chi connectivity index (χ2n) is 4.02. The highest BCUT2D eigenvalue weighted by molar-refractivity contribution is 5.90. The first-order valence-electron chi connectivity index (χ1n) is 5.35. The maximum absolute atomic E-state index is 11.6. The van der Waals surface area contributed by atoms with Crippen molar-refractivity contribution in [2.45, 2.75) is 32.2 Å². The number of carboxylic acid groups (broad SMARTS) is 1. The molecule has 0 aliphatic rings. The summed E-state index contributed by atoms with van der Waals surface area (Å²) in [5.74, 6) is -2.13. The molecule has 98 valence electrons. The summed E-state index contributed by atoms with van der Waals surface area (Å²) >= 11 is 0. The molecule has 0 saturated carbocycles. The molecule has 17 heavy (non-hydrogen) atoms. The minimum atomic E-state index is -1.14. The van der Waals surface area contributed by atoms with Crippen LogP contribution in [-0.4, -0.2) is 41.5 Å². The lowest BCUT2D eigenvalue weighted by Gasteiger charge is -2.22. The SMILES string of the molecule is CCCC(C)(N)C(=O)NCC(=O)NCC(=O)O. The molecule has 0 rings (SSSR count). The van der Waals surface area contributed by atoms with Gasteiger partial charge in [-0.1, -0.05) is 13.3 Å². The fraction of sp³-hybridized carbons (Fsp3) is 0.700. The van der Waals surface area contributed by atoms with Gasteiger partial charge in [-0.05, 0) is 13.3 Å². The van der Waals surface area contributed by atoms with Crippen molar-refractivity contribution in [3.63, 3.8) is 0 Å². The van der Waals surface area contributed by atoms with Gasteiger partial charge in [0, 0.05) is 0 Å². The van der Waals surface area contributed by atoms with Crippen LogP contribution in [0.5, 0.6) is 0 Å². The molecule has 0 spiro atoms. The average Bonchev–Trinajstić information content (AvgIpc) is 2.22. The molecule has 1 unspecified atom stereocenters. The molecule has 0 aliphatic heterocycles. The molecular weight excluding hydrogens is 226 g/mol. The van der Waals surface area contributed by atoms with Crippen molar-refractivity contribution in [3.8, 4) is 0 Å². The Morgan fingerprint density at radius 3 is 2.29 bits per heavy atom. The Balaban J connectivity index is 3.99. The molecule has 7 heteroatoms. The number of amides is 2. The van der Waals surface area contributed by atoms with Crippen molar-refractivity contribution in [2.24, 2.45) is 5.73 Å². The fourth-order valence-corrected chi connectivity index (χ4v) is 1.23. The monoisotopic (exact) mass is 245 g/mol. The summed E-state index contributed by atoms with van der Waals surface area (Å²) < 4.78 is 0. The van der Waals surface area contributed by atoms with Crippen molar-refractivity contribution in [2.75, 3.05) is 13.1 Å². The number of aliphatic carboxylic acids is 1. The largest absolute Gasteiger partial charge is 0.480 e. The van der Waals surface area contributed by atoms with E-state index in [4.69, 9.17) is 10.8 Å². The van der Waals surface area contributed by atoms with Gasteiger partial charge in [0.1, 0.15) is 6.54 Å². The zero-order chi connectivity index (χ0) is 13.5. The van der Waals surface area contributed by atoms with Crippen LogP contribution in [0.15, 0.2) is 0 Å². The van der Waals surface area contributed by atoms with Crippen LogP contribution in [0.4, 0.5) is 0 Å². The maximum Gasteiger partial charge on any atom is 0.322 e. The molecule has 0 aliphatic carbocycles. The number of hydrogen-bond donors (Lipinski definition) is 4. The molecule has 7 nitrogen and oxygen atoms in total. The molecule has 0 radical (unpaired) electrons. The van der Waals surface area contributed by atoms with Crippen molar-refractivity contribution in [1.29, 1.82) is 0 Å². The van der Waals surface area contributed by atoms with Gasteiger partial charge in [0.05, 0.1) is 12.1 Å². The van der Waals surface area contributed by atoms with Gasteiger partial charge in [0.25, 0.3) is 0 Å². The Labute approximate surface area is 99.7 Å². The van der Waals surface area contributed by atoms with Crippen molar-refractivity contribution in [3.05, 3.63) is 0 Å². The molecule has 0 heterocycles. The predicted octanol–water partition coefficient (Wildman–Crippen LogP) is -1.18. The third kappa shape index (κ3) is 6.52. The number of carbonyl (C=O) groups is 3.